The Bertz CT molecular complexity index is 1070. The predicted octanol–water partition coefficient (Wildman–Crippen LogP) is 3.40. The molecule has 2 fully saturated rings. The van der Waals surface area contributed by atoms with Crippen molar-refractivity contribution in [3.63, 3.8) is 0 Å². The lowest BCUT2D eigenvalue weighted by atomic mass is 9.94. The van der Waals surface area contributed by atoms with Gasteiger partial charge in [0, 0.05) is 18.7 Å². The molecular weight excluding hydrogens is 426 g/mol. The number of rotatable bonds is 7. The lowest BCUT2D eigenvalue weighted by Crippen LogP contribution is -2.36. The van der Waals surface area contributed by atoms with Crippen molar-refractivity contribution >= 4 is 17.4 Å². The fourth-order valence-electron chi connectivity index (χ4n) is 4.30. The van der Waals surface area contributed by atoms with E-state index < -0.39 is 17.7 Å². The maximum absolute atomic E-state index is 13.1. The third-order valence-electron chi connectivity index (χ3n) is 5.93. The molecule has 8 heteroatoms. The van der Waals surface area contributed by atoms with E-state index in [2.05, 4.69) is 0 Å². The maximum atomic E-state index is 13.1. The number of phenolic OH excluding ortho intramolecular Hbond substituents is 1. The Balaban J connectivity index is 1.83. The van der Waals surface area contributed by atoms with Crippen LogP contribution < -0.4 is 9.47 Å². The molecule has 2 aromatic carbocycles. The van der Waals surface area contributed by atoms with Gasteiger partial charge in [0.25, 0.3) is 11.7 Å². The lowest BCUT2D eigenvalue weighted by molar-refractivity contribution is -0.140. The van der Waals surface area contributed by atoms with E-state index in [0.717, 1.165) is 12.8 Å². The molecule has 0 aromatic heterocycles. The van der Waals surface area contributed by atoms with E-state index in [0.29, 0.717) is 30.1 Å². The molecule has 2 heterocycles. The van der Waals surface area contributed by atoms with Gasteiger partial charge in [-0.25, -0.2) is 0 Å². The Morgan fingerprint density at radius 1 is 1.18 bits per heavy atom. The first-order chi connectivity index (χ1) is 15.9. The number of aliphatic hydroxyl groups excluding tert-OH is 1. The van der Waals surface area contributed by atoms with Gasteiger partial charge in [-0.15, -0.1) is 0 Å². The summed E-state index contributed by atoms with van der Waals surface area (Å²) in [7, 11) is 1.53. The smallest absolute Gasteiger partial charge is 0.295 e. The Morgan fingerprint density at radius 2 is 1.94 bits per heavy atom. The molecule has 2 aromatic rings. The van der Waals surface area contributed by atoms with Crippen LogP contribution in [-0.2, 0) is 14.3 Å². The quantitative estimate of drug-likeness (QED) is 0.376. The normalized spacial score (nSPS) is 22.1. The van der Waals surface area contributed by atoms with Crippen molar-refractivity contribution < 1.29 is 34.0 Å². The van der Waals surface area contributed by atoms with E-state index in [1.807, 2.05) is 0 Å². The SMILES string of the molecule is CCOc1cc([C@H]2C(=C(O)c3ccc(OC)cc3)C(=O)C(=O)N2C[C@@H]2CCCO2)ccc1O. The number of benzene rings is 2. The Hall–Kier alpha value is -3.52. The van der Waals surface area contributed by atoms with Crippen LogP contribution in [0.2, 0.25) is 0 Å². The number of phenols is 1. The van der Waals surface area contributed by atoms with Gasteiger partial charge in [0.15, 0.2) is 11.5 Å². The zero-order valence-corrected chi connectivity index (χ0v) is 18.6. The molecule has 0 unspecified atom stereocenters. The highest BCUT2D eigenvalue weighted by molar-refractivity contribution is 6.46. The van der Waals surface area contributed by atoms with Crippen LogP contribution in [-0.4, -0.2) is 59.8 Å². The summed E-state index contributed by atoms with van der Waals surface area (Å²) >= 11 is 0. The van der Waals surface area contributed by atoms with Crippen LogP contribution in [0.15, 0.2) is 48.0 Å². The summed E-state index contributed by atoms with van der Waals surface area (Å²) in [5.41, 5.74) is 0.916. The molecule has 0 bridgehead atoms. The van der Waals surface area contributed by atoms with Crippen molar-refractivity contribution in [1.82, 2.24) is 4.90 Å². The van der Waals surface area contributed by atoms with Gasteiger partial charge in [0.1, 0.15) is 11.5 Å². The molecule has 2 aliphatic rings. The molecule has 33 heavy (non-hydrogen) atoms. The standard InChI is InChI=1S/C25H27NO7/c1-3-32-20-13-16(8-11-19(20)27)22-21(23(28)15-6-9-17(31-2)10-7-15)24(29)25(30)26(22)14-18-5-4-12-33-18/h6-11,13,18,22,27-28H,3-5,12,14H2,1-2H3/t18-,22-/m0/s1. The molecule has 174 valence electrons. The number of nitrogens with zero attached hydrogens (tertiary/aromatic N) is 1. The number of ketones is 1. The van der Waals surface area contributed by atoms with E-state index in [1.54, 1.807) is 43.3 Å². The number of methoxy groups -OCH3 is 1. The van der Waals surface area contributed by atoms with E-state index >= 15 is 0 Å². The Labute approximate surface area is 192 Å². The van der Waals surface area contributed by atoms with Gasteiger partial charge in [-0.1, -0.05) is 6.07 Å². The van der Waals surface area contributed by atoms with Crippen molar-refractivity contribution in [3.05, 3.63) is 59.2 Å². The van der Waals surface area contributed by atoms with Crippen LogP contribution in [0.1, 0.15) is 36.9 Å². The van der Waals surface area contributed by atoms with Gasteiger partial charge in [-0.3, -0.25) is 9.59 Å². The Kier molecular flexibility index (Phi) is 6.55. The fourth-order valence-corrected chi connectivity index (χ4v) is 4.30. The highest BCUT2D eigenvalue weighted by Gasteiger charge is 2.47. The lowest BCUT2D eigenvalue weighted by Gasteiger charge is -2.28. The highest BCUT2D eigenvalue weighted by atomic mass is 16.5. The minimum atomic E-state index is -0.851. The van der Waals surface area contributed by atoms with Crippen LogP contribution in [0, 0.1) is 0 Å². The average Bonchev–Trinajstić information content (AvgIpc) is 3.43. The van der Waals surface area contributed by atoms with Gasteiger partial charge in [0.2, 0.25) is 0 Å². The van der Waals surface area contributed by atoms with Crippen molar-refractivity contribution in [2.24, 2.45) is 0 Å². The van der Waals surface area contributed by atoms with E-state index in [4.69, 9.17) is 14.2 Å². The number of aliphatic hydroxyl groups is 1. The largest absolute Gasteiger partial charge is 0.507 e. The van der Waals surface area contributed by atoms with Crippen molar-refractivity contribution in [3.8, 4) is 17.2 Å². The number of carbonyl (C=O) groups is 2. The third-order valence-corrected chi connectivity index (χ3v) is 5.93. The first-order valence-electron chi connectivity index (χ1n) is 10.9. The summed E-state index contributed by atoms with van der Waals surface area (Å²) < 4.78 is 16.4. The molecular formula is C25H27NO7. The summed E-state index contributed by atoms with van der Waals surface area (Å²) in [4.78, 5) is 27.6. The van der Waals surface area contributed by atoms with Gasteiger partial charge in [0.05, 0.1) is 31.4 Å². The number of carbonyl (C=O) groups excluding carboxylic acids is 2. The van der Waals surface area contributed by atoms with Crippen molar-refractivity contribution in [1.29, 1.82) is 0 Å². The molecule has 0 spiro atoms. The topological polar surface area (TPSA) is 106 Å². The van der Waals surface area contributed by atoms with Gasteiger partial charge in [-0.2, -0.15) is 0 Å². The average molecular weight is 453 g/mol. The molecule has 1 amide bonds. The van der Waals surface area contributed by atoms with Gasteiger partial charge < -0.3 is 29.3 Å². The molecule has 0 radical (unpaired) electrons. The number of hydrogen-bond donors (Lipinski definition) is 2. The highest BCUT2D eigenvalue weighted by Crippen LogP contribution is 2.42. The fraction of sp³-hybridized carbons (Fsp3) is 0.360. The Morgan fingerprint density at radius 3 is 2.58 bits per heavy atom. The summed E-state index contributed by atoms with van der Waals surface area (Å²) in [5.74, 6) is -0.952. The summed E-state index contributed by atoms with van der Waals surface area (Å²) in [5, 5.41) is 21.3. The van der Waals surface area contributed by atoms with Crippen LogP contribution in [0.3, 0.4) is 0 Å². The zero-order chi connectivity index (χ0) is 23.5. The number of hydrogen-bond acceptors (Lipinski definition) is 7. The third kappa shape index (κ3) is 4.39. The van der Waals surface area contributed by atoms with Crippen LogP contribution in [0.5, 0.6) is 17.2 Å². The number of aromatic hydroxyl groups is 1. The summed E-state index contributed by atoms with van der Waals surface area (Å²) in [6, 6.07) is 10.4. The molecule has 2 saturated heterocycles. The van der Waals surface area contributed by atoms with Crippen LogP contribution in [0.4, 0.5) is 0 Å². The molecule has 0 aliphatic carbocycles. The minimum absolute atomic E-state index is 0.0173. The molecule has 2 aliphatic heterocycles. The predicted molar refractivity (Wildman–Crippen MR) is 120 cm³/mol. The van der Waals surface area contributed by atoms with Gasteiger partial charge in [-0.05, 0) is 61.7 Å². The number of Topliss-reactive ketones (excluding diaryl/α,β-unsaturated/α-hetero) is 1. The second kappa shape index (κ2) is 9.54. The van der Waals surface area contributed by atoms with E-state index in [9.17, 15) is 19.8 Å². The summed E-state index contributed by atoms with van der Waals surface area (Å²) in [6.07, 6.45) is 1.49. The molecule has 4 rings (SSSR count). The first kappa shape index (κ1) is 22.7. The second-order valence-corrected chi connectivity index (χ2v) is 7.98. The zero-order valence-electron chi connectivity index (χ0n) is 18.6. The number of amides is 1. The van der Waals surface area contributed by atoms with Crippen LogP contribution >= 0.6 is 0 Å². The summed E-state index contributed by atoms with van der Waals surface area (Å²) in [6.45, 7) is 2.95. The first-order valence-corrected chi connectivity index (χ1v) is 10.9. The molecule has 0 saturated carbocycles. The minimum Gasteiger partial charge on any atom is -0.507 e. The van der Waals surface area contributed by atoms with E-state index in [-0.39, 0.29) is 35.5 Å². The molecule has 2 atom stereocenters. The molecule has 8 nitrogen and oxygen atoms in total. The van der Waals surface area contributed by atoms with Crippen molar-refractivity contribution in [2.45, 2.75) is 31.9 Å². The van der Waals surface area contributed by atoms with Crippen molar-refractivity contribution in [2.75, 3.05) is 26.9 Å². The molecule has 2 N–H and O–H groups in total. The van der Waals surface area contributed by atoms with Crippen LogP contribution in [0.25, 0.3) is 5.76 Å². The van der Waals surface area contributed by atoms with Gasteiger partial charge >= 0.3 is 0 Å². The monoisotopic (exact) mass is 453 g/mol. The number of likely N-dealkylation sites (tertiary alicyclic amines) is 1. The number of ether oxygens (including phenoxy) is 3. The maximum Gasteiger partial charge on any atom is 0.295 e. The second-order valence-electron chi connectivity index (χ2n) is 7.98. The van der Waals surface area contributed by atoms with E-state index in [1.165, 1.54) is 18.1 Å².